The predicted octanol–water partition coefficient (Wildman–Crippen LogP) is 2.65. The normalized spacial score (nSPS) is 19.9. The van der Waals surface area contributed by atoms with Gasteiger partial charge in [0.05, 0.1) is 6.04 Å². The van der Waals surface area contributed by atoms with Crippen molar-refractivity contribution in [3.8, 4) is 0 Å². The second-order valence-corrected chi connectivity index (χ2v) is 5.55. The Hall–Kier alpha value is -0.900. The number of likely N-dealkylation sites (N-methyl/N-ethyl adjacent to an activating group) is 1. The van der Waals surface area contributed by atoms with Crippen molar-refractivity contribution < 1.29 is 0 Å². The first-order valence-corrected chi connectivity index (χ1v) is 6.55. The zero-order chi connectivity index (χ0) is 11.2. The zero-order valence-corrected chi connectivity index (χ0v) is 10.2. The van der Waals surface area contributed by atoms with Gasteiger partial charge in [-0.25, -0.2) is 0 Å². The zero-order valence-electron chi connectivity index (χ0n) is 9.36. The minimum atomic E-state index is -0.0153. The maximum Gasteiger partial charge on any atom is 0.0514 e. The van der Waals surface area contributed by atoms with E-state index in [-0.39, 0.29) is 5.54 Å². The smallest absolute Gasteiger partial charge is 0.0514 e. The van der Waals surface area contributed by atoms with Crippen molar-refractivity contribution in [2.75, 3.05) is 7.05 Å². The first-order valence-electron chi connectivity index (χ1n) is 5.67. The number of thiophene rings is 1. The van der Waals surface area contributed by atoms with Crippen LogP contribution in [-0.2, 0) is 0 Å². The van der Waals surface area contributed by atoms with Gasteiger partial charge in [-0.1, -0.05) is 18.2 Å². The van der Waals surface area contributed by atoms with Crippen molar-refractivity contribution >= 4 is 21.4 Å². The molecule has 0 amide bonds. The van der Waals surface area contributed by atoms with Gasteiger partial charge in [-0.15, -0.1) is 11.3 Å². The summed E-state index contributed by atoms with van der Waals surface area (Å²) < 4.78 is 1.35. The van der Waals surface area contributed by atoms with Crippen molar-refractivity contribution in [2.45, 2.75) is 24.4 Å². The third kappa shape index (κ3) is 1.47. The lowest BCUT2D eigenvalue weighted by atomic mass is 9.97. The van der Waals surface area contributed by atoms with Crippen LogP contribution in [0.3, 0.4) is 0 Å². The minimum Gasteiger partial charge on any atom is -0.323 e. The fraction of sp³-hybridized carbons (Fsp3) is 0.385. The van der Waals surface area contributed by atoms with Gasteiger partial charge >= 0.3 is 0 Å². The fourth-order valence-electron chi connectivity index (χ4n) is 2.41. The van der Waals surface area contributed by atoms with Gasteiger partial charge in [-0.05, 0) is 42.3 Å². The molecule has 0 saturated heterocycles. The van der Waals surface area contributed by atoms with Crippen LogP contribution in [0.15, 0.2) is 29.6 Å². The lowest BCUT2D eigenvalue weighted by Gasteiger charge is -2.22. The van der Waals surface area contributed by atoms with Gasteiger partial charge in [0.15, 0.2) is 0 Å². The van der Waals surface area contributed by atoms with Gasteiger partial charge < -0.3 is 11.1 Å². The van der Waals surface area contributed by atoms with Crippen molar-refractivity contribution in [3.05, 3.63) is 35.2 Å². The standard InChI is InChI=1S/C13H16N2S/c1-15-12(13(14)6-7-13)10-8-16-11-5-3-2-4-9(10)11/h2-5,8,12,15H,6-7,14H2,1H3. The summed E-state index contributed by atoms with van der Waals surface area (Å²) in [5.74, 6) is 0. The molecule has 0 aliphatic heterocycles. The van der Waals surface area contributed by atoms with Crippen molar-refractivity contribution in [3.63, 3.8) is 0 Å². The fourth-order valence-corrected chi connectivity index (χ4v) is 3.39. The van der Waals surface area contributed by atoms with Crippen LogP contribution in [0, 0.1) is 0 Å². The molecule has 1 atom stereocenters. The summed E-state index contributed by atoms with van der Waals surface area (Å²) in [6.45, 7) is 0. The molecule has 3 heteroatoms. The molecule has 2 nitrogen and oxygen atoms in total. The number of benzene rings is 1. The molecule has 1 heterocycles. The topological polar surface area (TPSA) is 38.0 Å². The SMILES string of the molecule is CNC(c1csc2ccccc12)C1(N)CC1. The van der Waals surface area contributed by atoms with Crippen LogP contribution in [0.2, 0.25) is 0 Å². The van der Waals surface area contributed by atoms with Gasteiger partial charge in [0, 0.05) is 10.2 Å². The van der Waals surface area contributed by atoms with Crippen molar-refractivity contribution in [1.29, 1.82) is 0 Å². The molecule has 1 aliphatic rings. The molecule has 0 spiro atoms. The van der Waals surface area contributed by atoms with Crippen molar-refractivity contribution in [2.24, 2.45) is 5.73 Å². The van der Waals surface area contributed by atoms with E-state index in [1.165, 1.54) is 15.6 Å². The Balaban J connectivity index is 2.10. The Kier molecular flexibility index (Phi) is 2.28. The molecule has 1 saturated carbocycles. The van der Waals surface area contributed by atoms with Gasteiger partial charge in [0.1, 0.15) is 0 Å². The van der Waals surface area contributed by atoms with Crippen LogP contribution < -0.4 is 11.1 Å². The van der Waals surface area contributed by atoms with E-state index in [1.54, 1.807) is 11.3 Å². The molecule has 1 aromatic carbocycles. The van der Waals surface area contributed by atoms with E-state index in [4.69, 9.17) is 5.73 Å². The average molecular weight is 232 g/mol. The number of fused-ring (bicyclic) bond motifs is 1. The molecule has 16 heavy (non-hydrogen) atoms. The lowest BCUT2D eigenvalue weighted by molar-refractivity contribution is 0.465. The Morgan fingerprint density at radius 2 is 2.12 bits per heavy atom. The molecule has 3 rings (SSSR count). The Labute approximate surface area is 99.5 Å². The Morgan fingerprint density at radius 1 is 1.38 bits per heavy atom. The molecular formula is C13H16N2S. The van der Waals surface area contributed by atoms with E-state index < -0.39 is 0 Å². The molecule has 84 valence electrons. The minimum absolute atomic E-state index is 0.0153. The van der Waals surface area contributed by atoms with Crippen LogP contribution >= 0.6 is 11.3 Å². The monoisotopic (exact) mass is 232 g/mol. The summed E-state index contributed by atoms with van der Waals surface area (Å²) in [5.41, 5.74) is 7.67. The summed E-state index contributed by atoms with van der Waals surface area (Å²) in [6.07, 6.45) is 2.26. The van der Waals surface area contributed by atoms with Crippen LogP contribution in [0.25, 0.3) is 10.1 Å². The Bertz CT molecular complexity index is 513. The Morgan fingerprint density at radius 3 is 2.81 bits per heavy atom. The first kappa shape index (κ1) is 10.3. The van der Waals surface area contributed by atoms with Crippen LogP contribution in [-0.4, -0.2) is 12.6 Å². The molecule has 1 aliphatic carbocycles. The van der Waals surface area contributed by atoms with E-state index in [2.05, 4.69) is 35.0 Å². The molecule has 0 bridgehead atoms. The highest BCUT2D eigenvalue weighted by Crippen LogP contribution is 2.46. The van der Waals surface area contributed by atoms with Gasteiger partial charge in [0.25, 0.3) is 0 Å². The molecule has 3 N–H and O–H groups in total. The molecule has 1 unspecified atom stereocenters. The highest BCUT2D eigenvalue weighted by molar-refractivity contribution is 7.17. The molecule has 2 aromatic rings. The van der Waals surface area contributed by atoms with E-state index in [9.17, 15) is 0 Å². The molecule has 0 radical (unpaired) electrons. The van der Waals surface area contributed by atoms with Crippen LogP contribution in [0.5, 0.6) is 0 Å². The van der Waals surface area contributed by atoms with E-state index in [0.29, 0.717) is 6.04 Å². The summed E-state index contributed by atoms with van der Waals surface area (Å²) >= 11 is 1.81. The summed E-state index contributed by atoms with van der Waals surface area (Å²) in [6, 6.07) is 8.85. The molecular weight excluding hydrogens is 216 g/mol. The second-order valence-electron chi connectivity index (χ2n) is 4.64. The summed E-state index contributed by atoms with van der Waals surface area (Å²) in [7, 11) is 2.00. The summed E-state index contributed by atoms with van der Waals surface area (Å²) in [4.78, 5) is 0. The largest absolute Gasteiger partial charge is 0.323 e. The van der Waals surface area contributed by atoms with E-state index >= 15 is 0 Å². The van der Waals surface area contributed by atoms with E-state index in [0.717, 1.165) is 12.8 Å². The van der Waals surface area contributed by atoms with Crippen molar-refractivity contribution in [1.82, 2.24) is 5.32 Å². The lowest BCUT2D eigenvalue weighted by Crippen LogP contribution is -2.38. The maximum atomic E-state index is 6.33. The van der Waals surface area contributed by atoms with Gasteiger partial charge in [0.2, 0.25) is 0 Å². The summed E-state index contributed by atoms with van der Waals surface area (Å²) in [5, 5.41) is 6.98. The second kappa shape index (κ2) is 3.55. The van der Waals surface area contributed by atoms with Crippen LogP contribution in [0.1, 0.15) is 24.4 Å². The van der Waals surface area contributed by atoms with Gasteiger partial charge in [-0.3, -0.25) is 0 Å². The highest BCUT2D eigenvalue weighted by atomic mass is 32.1. The van der Waals surface area contributed by atoms with Crippen LogP contribution in [0.4, 0.5) is 0 Å². The maximum absolute atomic E-state index is 6.33. The number of nitrogens with one attached hydrogen (secondary N) is 1. The first-order chi connectivity index (χ1) is 7.74. The quantitative estimate of drug-likeness (QED) is 0.854. The number of rotatable bonds is 3. The third-order valence-corrected chi connectivity index (χ3v) is 4.49. The molecule has 1 aromatic heterocycles. The van der Waals surface area contributed by atoms with E-state index in [1.807, 2.05) is 7.05 Å². The average Bonchev–Trinajstić information content (AvgIpc) is 2.91. The number of nitrogens with two attached hydrogens (primary N) is 1. The predicted molar refractivity (Wildman–Crippen MR) is 69.8 cm³/mol. The molecule has 1 fully saturated rings. The highest BCUT2D eigenvalue weighted by Gasteiger charge is 2.46. The number of hydrogen-bond donors (Lipinski definition) is 2. The van der Waals surface area contributed by atoms with Gasteiger partial charge in [-0.2, -0.15) is 0 Å². The third-order valence-electron chi connectivity index (χ3n) is 3.51. The number of hydrogen-bond acceptors (Lipinski definition) is 3.